The molecule has 1 aromatic carbocycles. The fourth-order valence-corrected chi connectivity index (χ4v) is 5.66. The Bertz CT molecular complexity index is 1150. The molecule has 1 aromatic rings. The fourth-order valence-electron chi connectivity index (χ4n) is 5.66. The molecule has 0 spiro atoms. The number of rotatable bonds is 15. The molecule has 2 unspecified atom stereocenters. The number of hydrogen-bond donors (Lipinski definition) is 1. The van der Waals surface area contributed by atoms with Gasteiger partial charge in [0.05, 0.1) is 0 Å². The molecule has 4 atom stereocenters. The predicted octanol–water partition coefficient (Wildman–Crippen LogP) is 10.5. The van der Waals surface area contributed by atoms with Crippen LogP contribution in [0.1, 0.15) is 98.0 Å². The summed E-state index contributed by atoms with van der Waals surface area (Å²) in [6.45, 7) is 13.4. The van der Waals surface area contributed by atoms with Crippen molar-refractivity contribution in [3.05, 3.63) is 83.5 Å². The first kappa shape index (κ1) is 41.2. The summed E-state index contributed by atoms with van der Waals surface area (Å²) in [5.41, 5.74) is 3.55. The van der Waals surface area contributed by atoms with Gasteiger partial charge in [0.1, 0.15) is 5.78 Å². The van der Waals surface area contributed by atoms with Gasteiger partial charge in [0.2, 0.25) is 0 Å². The summed E-state index contributed by atoms with van der Waals surface area (Å²) in [5, 5.41) is 9.47. The summed E-state index contributed by atoms with van der Waals surface area (Å²) in [6.07, 6.45) is 33.8. The minimum absolute atomic E-state index is 0.0154. The molecule has 0 aromatic heterocycles. The molecule has 0 radical (unpaired) electrons. The van der Waals surface area contributed by atoms with Crippen LogP contribution in [-0.2, 0) is 4.79 Å². The topological polar surface area (TPSA) is 57.6 Å². The van der Waals surface area contributed by atoms with Gasteiger partial charge in [-0.3, -0.25) is 4.79 Å². The zero-order valence-corrected chi connectivity index (χ0v) is 28.9. The molecule has 0 saturated heterocycles. The minimum atomic E-state index is -0.873. The highest BCUT2D eigenvalue weighted by atomic mass is 16.4. The number of nitrogens with zero attached hydrogens (tertiary/aromatic N) is 1. The van der Waals surface area contributed by atoms with Crippen molar-refractivity contribution in [2.24, 2.45) is 23.7 Å². The van der Waals surface area contributed by atoms with Gasteiger partial charge in [0, 0.05) is 31.3 Å². The number of amides is 1. The van der Waals surface area contributed by atoms with E-state index in [1.165, 1.54) is 16.0 Å². The lowest BCUT2D eigenvalue weighted by Crippen LogP contribution is -2.32. The lowest BCUT2D eigenvalue weighted by Gasteiger charge is -2.32. The minimum Gasteiger partial charge on any atom is -0.465 e. The Morgan fingerprint density at radius 1 is 1.04 bits per heavy atom. The molecule has 45 heavy (non-hydrogen) atoms. The molecule has 1 amide bonds. The Balaban J connectivity index is 0.00000185. The Morgan fingerprint density at radius 2 is 1.69 bits per heavy atom. The van der Waals surface area contributed by atoms with E-state index in [0.29, 0.717) is 25.3 Å². The maximum absolute atomic E-state index is 13.5. The van der Waals surface area contributed by atoms with Crippen LogP contribution in [0.5, 0.6) is 0 Å². The number of carboxylic acid groups (broad SMARTS) is 1. The largest absolute Gasteiger partial charge is 0.465 e. The summed E-state index contributed by atoms with van der Waals surface area (Å²) in [6, 6.07) is 10.3. The van der Waals surface area contributed by atoms with E-state index >= 15 is 0 Å². The number of Topliss-reactive ketones (excluding diaryl/α,β-unsaturated/α-hetero) is 1. The summed E-state index contributed by atoms with van der Waals surface area (Å²) in [4.78, 5) is 26.5. The van der Waals surface area contributed by atoms with Crippen LogP contribution in [0.4, 0.5) is 4.79 Å². The number of aryl methyl sites for hydroxylation is 1. The summed E-state index contributed by atoms with van der Waals surface area (Å²) >= 11 is 0. The molecule has 0 heterocycles. The average Bonchev–Trinajstić information content (AvgIpc) is 3.06. The van der Waals surface area contributed by atoms with Crippen LogP contribution in [0.3, 0.4) is 0 Å². The number of benzene rings is 1. The van der Waals surface area contributed by atoms with Crippen molar-refractivity contribution in [1.82, 2.24) is 4.90 Å². The van der Waals surface area contributed by atoms with Gasteiger partial charge in [-0.1, -0.05) is 129 Å². The highest BCUT2D eigenvalue weighted by molar-refractivity contribution is 5.82. The van der Waals surface area contributed by atoms with Gasteiger partial charge >= 0.3 is 6.09 Å². The van der Waals surface area contributed by atoms with Gasteiger partial charge < -0.3 is 10.0 Å². The van der Waals surface area contributed by atoms with Crippen LogP contribution < -0.4 is 0 Å². The second-order valence-corrected chi connectivity index (χ2v) is 11.9. The van der Waals surface area contributed by atoms with Gasteiger partial charge in [-0.2, -0.15) is 0 Å². The highest BCUT2D eigenvalue weighted by Crippen LogP contribution is 2.37. The zero-order valence-electron chi connectivity index (χ0n) is 28.9. The number of allylic oxidation sites excluding steroid dienone is 7. The number of carbonyl (C=O) groups excluding carboxylic acids is 1. The summed E-state index contributed by atoms with van der Waals surface area (Å²) in [7, 11) is 0. The van der Waals surface area contributed by atoms with Gasteiger partial charge in [-0.25, -0.2) is 4.79 Å². The third-order valence-electron chi connectivity index (χ3n) is 8.37. The van der Waals surface area contributed by atoms with E-state index in [1.54, 1.807) is 0 Å². The zero-order chi connectivity index (χ0) is 34.0. The molecule has 246 valence electrons. The quantitative estimate of drug-likeness (QED) is 0.122. The van der Waals surface area contributed by atoms with Gasteiger partial charge in [0.25, 0.3) is 0 Å². The second kappa shape index (κ2) is 25.6. The Labute approximate surface area is 275 Å². The third kappa shape index (κ3) is 17.3. The Morgan fingerprint density at radius 3 is 2.20 bits per heavy atom. The summed E-state index contributed by atoms with van der Waals surface area (Å²) in [5.74, 6) is 3.71. The van der Waals surface area contributed by atoms with Crippen molar-refractivity contribution in [1.29, 1.82) is 0 Å². The van der Waals surface area contributed by atoms with E-state index < -0.39 is 6.09 Å². The SMILES string of the molecule is C#C.C#CC(/C=C\C/C=C\C)[C@H](CC)CC(=O)C1CCCC[C@H]1/C(C)=C/C=C(\C)CN(CCCC)C(=O)O.Cc1ccccc1. The average molecular weight is 614 g/mol. The highest BCUT2D eigenvalue weighted by Gasteiger charge is 2.33. The first-order valence-electron chi connectivity index (χ1n) is 16.6. The molecule has 4 heteroatoms. The molecule has 4 nitrogen and oxygen atoms in total. The van der Waals surface area contributed by atoms with E-state index in [2.05, 4.69) is 82.9 Å². The molecule has 1 N–H and O–H groups in total. The molecule has 1 saturated carbocycles. The number of carbonyl (C=O) groups is 2. The smallest absolute Gasteiger partial charge is 0.407 e. The Hall–Kier alpha value is -3.76. The third-order valence-corrected chi connectivity index (χ3v) is 8.37. The van der Waals surface area contributed by atoms with E-state index in [-0.39, 0.29) is 23.7 Å². The van der Waals surface area contributed by atoms with Crippen molar-refractivity contribution in [2.75, 3.05) is 13.1 Å². The monoisotopic (exact) mass is 613 g/mol. The number of hydrogen-bond acceptors (Lipinski definition) is 2. The van der Waals surface area contributed by atoms with Crippen LogP contribution in [0.25, 0.3) is 0 Å². The van der Waals surface area contributed by atoms with Crippen LogP contribution in [-0.4, -0.2) is 35.0 Å². The number of terminal acetylenes is 2. The molecular weight excluding hydrogens is 554 g/mol. The van der Waals surface area contributed by atoms with Crippen LogP contribution in [0.15, 0.2) is 77.9 Å². The standard InChI is InChI=1S/C32H49NO3.C7H8.C2H2/c1-7-11-13-14-17-27(9-3)28(10-4)23-31(34)30-19-16-15-18-29(30)26(6)21-20-25(5)24-33(32(35)36)22-12-8-2;1-7-5-3-2-4-6-7;1-2/h3,7,11,14,17,20-21,27-30H,8,10,12-13,15-16,18-19,22-24H2,1-2,4-6H3,(H,35,36);2-6H,1H3;1-2H/b11-7-,17-14-,25-20+,26-21+;;/t27?,28-,29+,30?;;/m1../s1. The van der Waals surface area contributed by atoms with Gasteiger partial charge in [-0.05, 0) is 65.2 Å². The molecule has 0 bridgehead atoms. The molecular formula is C41H59NO3. The summed E-state index contributed by atoms with van der Waals surface area (Å²) < 4.78 is 0. The lowest BCUT2D eigenvalue weighted by molar-refractivity contribution is -0.126. The van der Waals surface area contributed by atoms with E-state index in [4.69, 9.17) is 6.42 Å². The van der Waals surface area contributed by atoms with Crippen molar-refractivity contribution in [3.8, 4) is 25.2 Å². The lowest BCUT2D eigenvalue weighted by atomic mass is 9.71. The van der Waals surface area contributed by atoms with Gasteiger partial charge in [0.15, 0.2) is 0 Å². The van der Waals surface area contributed by atoms with Crippen LogP contribution >= 0.6 is 0 Å². The number of unbranched alkanes of at least 4 members (excludes halogenated alkanes) is 1. The Kier molecular flexibility index (Phi) is 23.4. The van der Waals surface area contributed by atoms with Crippen LogP contribution in [0.2, 0.25) is 0 Å². The van der Waals surface area contributed by atoms with E-state index in [0.717, 1.165) is 56.9 Å². The van der Waals surface area contributed by atoms with E-state index in [1.807, 2.05) is 44.2 Å². The molecule has 1 aliphatic carbocycles. The van der Waals surface area contributed by atoms with Crippen molar-refractivity contribution < 1.29 is 14.7 Å². The molecule has 0 aliphatic heterocycles. The molecule has 2 rings (SSSR count). The fraction of sp³-hybridized carbons (Fsp3) is 0.512. The van der Waals surface area contributed by atoms with Crippen molar-refractivity contribution in [2.45, 2.75) is 99.3 Å². The predicted molar refractivity (Wildman–Crippen MR) is 193 cm³/mol. The van der Waals surface area contributed by atoms with Crippen molar-refractivity contribution >= 4 is 11.9 Å². The van der Waals surface area contributed by atoms with Gasteiger partial charge in [-0.15, -0.1) is 19.3 Å². The first-order chi connectivity index (χ1) is 21.7. The maximum Gasteiger partial charge on any atom is 0.407 e. The number of ketones is 1. The molecule has 1 aliphatic rings. The van der Waals surface area contributed by atoms with Crippen LogP contribution in [0, 0.1) is 55.8 Å². The second-order valence-electron chi connectivity index (χ2n) is 11.9. The van der Waals surface area contributed by atoms with Crippen molar-refractivity contribution in [3.63, 3.8) is 0 Å². The normalized spacial score (nSPS) is 18.1. The first-order valence-corrected chi connectivity index (χ1v) is 16.6. The molecule has 1 fully saturated rings. The maximum atomic E-state index is 13.5. The van der Waals surface area contributed by atoms with E-state index in [9.17, 15) is 14.7 Å².